The molecular weight excluding hydrogens is 335 g/mol. The van der Waals surface area contributed by atoms with E-state index in [2.05, 4.69) is 10.4 Å². The fraction of sp³-hybridized carbons (Fsp3) is 0.412. The Hall–Kier alpha value is -2.51. The van der Waals surface area contributed by atoms with Gasteiger partial charge in [-0.3, -0.25) is 0 Å². The lowest BCUT2D eigenvalue weighted by atomic mass is 9.94. The van der Waals surface area contributed by atoms with Crippen molar-refractivity contribution in [3.63, 3.8) is 0 Å². The number of aromatic nitrogens is 2. The Morgan fingerprint density at radius 1 is 1.32 bits per heavy atom. The first-order chi connectivity index (χ1) is 11.7. The fourth-order valence-corrected chi connectivity index (χ4v) is 3.05. The standard InChI is InChI=1S/C17H18F3N3O2/c1-9(2)10-3-5-11(6-4-10)13-7-14(17(18,19)20)23-15(22-13)12(8-21-23)16(24)25/h3-6,8-9,13-14,22H,7H2,1-2H3,(H,24,25)/t13-,14-/m0/s1. The lowest BCUT2D eigenvalue weighted by Gasteiger charge is -2.34. The summed E-state index contributed by atoms with van der Waals surface area (Å²) in [5, 5.41) is 15.8. The molecule has 0 unspecified atom stereocenters. The Kier molecular flexibility index (Phi) is 4.22. The van der Waals surface area contributed by atoms with E-state index in [0.717, 1.165) is 16.4 Å². The van der Waals surface area contributed by atoms with Gasteiger partial charge in [-0.2, -0.15) is 18.3 Å². The van der Waals surface area contributed by atoms with E-state index in [1.54, 1.807) is 12.1 Å². The lowest BCUT2D eigenvalue weighted by molar-refractivity contribution is -0.173. The van der Waals surface area contributed by atoms with E-state index in [1.807, 2.05) is 26.0 Å². The number of hydrogen-bond acceptors (Lipinski definition) is 3. The number of nitrogens with zero attached hydrogens (tertiary/aromatic N) is 2. The summed E-state index contributed by atoms with van der Waals surface area (Å²) in [7, 11) is 0. The number of benzene rings is 1. The van der Waals surface area contributed by atoms with Gasteiger partial charge < -0.3 is 10.4 Å². The molecule has 2 atom stereocenters. The maximum atomic E-state index is 13.5. The molecule has 0 fully saturated rings. The molecule has 1 aliphatic rings. The third-order valence-corrected chi connectivity index (χ3v) is 4.47. The van der Waals surface area contributed by atoms with Crippen molar-refractivity contribution >= 4 is 11.8 Å². The number of nitrogens with one attached hydrogen (secondary N) is 1. The monoisotopic (exact) mass is 353 g/mol. The van der Waals surface area contributed by atoms with Crippen LogP contribution in [0.4, 0.5) is 19.0 Å². The molecule has 2 aromatic rings. The van der Waals surface area contributed by atoms with Gasteiger partial charge in [0, 0.05) is 6.42 Å². The van der Waals surface area contributed by atoms with E-state index < -0.39 is 24.2 Å². The molecule has 1 aliphatic heterocycles. The average molecular weight is 353 g/mol. The molecular formula is C17H18F3N3O2. The molecule has 5 nitrogen and oxygen atoms in total. The third-order valence-electron chi connectivity index (χ3n) is 4.47. The number of carboxylic acid groups (broad SMARTS) is 1. The first-order valence-corrected chi connectivity index (χ1v) is 7.92. The summed E-state index contributed by atoms with van der Waals surface area (Å²) in [6, 6.07) is 4.82. The summed E-state index contributed by atoms with van der Waals surface area (Å²) >= 11 is 0. The highest BCUT2D eigenvalue weighted by molar-refractivity contribution is 5.93. The SMILES string of the molecule is CC(C)c1ccc([C@@H]2C[C@@H](C(F)(F)F)n3ncc(C(=O)O)c3N2)cc1. The summed E-state index contributed by atoms with van der Waals surface area (Å²) in [5.41, 5.74) is 1.50. The van der Waals surface area contributed by atoms with Gasteiger partial charge in [-0.15, -0.1) is 0 Å². The fourth-order valence-electron chi connectivity index (χ4n) is 3.05. The van der Waals surface area contributed by atoms with Crippen molar-refractivity contribution in [2.45, 2.75) is 44.4 Å². The van der Waals surface area contributed by atoms with Crippen molar-refractivity contribution in [2.75, 3.05) is 5.32 Å². The van der Waals surface area contributed by atoms with Crippen molar-refractivity contribution in [1.82, 2.24) is 9.78 Å². The van der Waals surface area contributed by atoms with Crippen molar-refractivity contribution in [2.24, 2.45) is 0 Å². The molecule has 134 valence electrons. The summed E-state index contributed by atoms with van der Waals surface area (Å²) in [6.45, 7) is 4.07. The molecule has 0 spiro atoms. The van der Waals surface area contributed by atoms with Crippen LogP contribution in [0.3, 0.4) is 0 Å². The minimum absolute atomic E-state index is 0.112. The molecule has 0 bridgehead atoms. The number of alkyl halides is 3. The van der Waals surface area contributed by atoms with Crippen LogP contribution in [0.25, 0.3) is 0 Å². The van der Waals surface area contributed by atoms with Crippen LogP contribution in [0.2, 0.25) is 0 Å². The predicted molar refractivity (Wildman–Crippen MR) is 85.8 cm³/mol. The zero-order valence-corrected chi connectivity index (χ0v) is 13.7. The molecule has 0 aliphatic carbocycles. The molecule has 3 rings (SSSR count). The third kappa shape index (κ3) is 3.20. The molecule has 0 amide bonds. The number of halogens is 3. The van der Waals surface area contributed by atoms with Crippen LogP contribution in [-0.4, -0.2) is 27.0 Å². The van der Waals surface area contributed by atoms with Gasteiger partial charge in [-0.25, -0.2) is 9.48 Å². The summed E-state index contributed by atoms with van der Waals surface area (Å²) in [5.74, 6) is -1.11. The van der Waals surface area contributed by atoms with Crippen LogP contribution in [0.1, 0.15) is 59.8 Å². The topological polar surface area (TPSA) is 67.2 Å². The smallest absolute Gasteiger partial charge is 0.410 e. The zero-order valence-electron chi connectivity index (χ0n) is 13.7. The van der Waals surface area contributed by atoms with Crippen LogP contribution in [-0.2, 0) is 0 Å². The first-order valence-electron chi connectivity index (χ1n) is 7.92. The Labute approximate surface area is 142 Å². The normalized spacial score (nSPS) is 20.2. The average Bonchev–Trinajstić information content (AvgIpc) is 2.97. The second-order valence-electron chi connectivity index (χ2n) is 6.47. The highest BCUT2D eigenvalue weighted by Gasteiger charge is 2.47. The molecule has 2 heterocycles. The highest BCUT2D eigenvalue weighted by atomic mass is 19.4. The van der Waals surface area contributed by atoms with Crippen molar-refractivity contribution in [3.8, 4) is 0 Å². The number of carboxylic acids is 1. The number of aromatic carboxylic acids is 1. The molecule has 0 saturated carbocycles. The van der Waals surface area contributed by atoms with Crippen LogP contribution >= 0.6 is 0 Å². The Morgan fingerprint density at radius 3 is 2.48 bits per heavy atom. The number of fused-ring (bicyclic) bond motifs is 1. The van der Waals surface area contributed by atoms with Gasteiger partial charge in [0.1, 0.15) is 11.4 Å². The predicted octanol–water partition coefficient (Wildman–Crippen LogP) is 4.37. The van der Waals surface area contributed by atoms with Gasteiger partial charge in [0.2, 0.25) is 0 Å². The summed E-state index contributed by atoms with van der Waals surface area (Å²) in [4.78, 5) is 11.3. The van der Waals surface area contributed by atoms with Crippen molar-refractivity contribution < 1.29 is 23.1 Å². The Morgan fingerprint density at radius 2 is 1.96 bits per heavy atom. The van der Waals surface area contributed by atoms with Crippen molar-refractivity contribution in [3.05, 3.63) is 47.2 Å². The molecule has 25 heavy (non-hydrogen) atoms. The number of anilines is 1. The maximum Gasteiger partial charge on any atom is 0.410 e. The van der Waals surface area contributed by atoms with Gasteiger partial charge in [0.05, 0.1) is 12.2 Å². The second kappa shape index (κ2) is 6.09. The molecule has 0 saturated heterocycles. The largest absolute Gasteiger partial charge is 0.477 e. The van der Waals surface area contributed by atoms with Crippen molar-refractivity contribution in [1.29, 1.82) is 0 Å². The second-order valence-corrected chi connectivity index (χ2v) is 6.47. The first kappa shape index (κ1) is 17.3. The van der Waals surface area contributed by atoms with Crippen LogP contribution in [0, 0.1) is 0 Å². The lowest BCUT2D eigenvalue weighted by Crippen LogP contribution is -2.36. The van der Waals surface area contributed by atoms with E-state index >= 15 is 0 Å². The maximum absolute atomic E-state index is 13.5. The Balaban J connectivity index is 2.00. The van der Waals surface area contributed by atoms with Gasteiger partial charge in [-0.05, 0) is 17.0 Å². The highest BCUT2D eigenvalue weighted by Crippen LogP contribution is 2.44. The number of hydrogen-bond donors (Lipinski definition) is 2. The zero-order chi connectivity index (χ0) is 18.4. The molecule has 0 radical (unpaired) electrons. The van der Waals surface area contributed by atoms with E-state index in [-0.39, 0.29) is 17.8 Å². The van der Waals surface area contributed by atoms with E-state index in [4.69, 9.17) is 0 Å². The van der Waals surface area contributed by atoms with Gasteiger partial charge in [0.15, 0.2) is 6.04 Å². The molecule has 1 aromatic heterocycles. The van der Waals surface area contributed by atoms with Crippen LogP contribution in [0.5, 0.6) is 0 Å². The quantitative estimate of drug-likeness (QED) is 0.860. The molecule has 1 aromatic carbocycles. The summed E-state index contributed by atoms with van der Waals surface area (Å²) < 4.78 is 41.1. The van der Waals surface area contributed by atoms with Crippen LogP contribution in [0.15, 0.2) is 30.5 Å². The van der Waals surface area contributed by atoms with Gasteiger partial charge >= 0.3 is 12.1 Å². The van der Waals surface area contributed by atoms with Gasteiger partial charge in [0.25, 0.3) is 0 Å². The van der Waals surface area contributed by atoms with Gasteiger partial charge in [-0.1, -0.05) is 38.1 Å². The number of rotatable bonds is 3. The minimum atomic E-state index is -4.52. The molecule has 2 N–H and O–H groups in total. The van der Waals surface area contributed by atoms with Crippen LogP contribution < -0.4 is 5.32 Å². The minimum Gasteiger partial charge on any atom is -0.477 e. The summed E-state index contributed by atoms with van der Waals surface area (Å²) in [6.07, 6.45) is -3.82. The van der Waals surface area contributed by atoms with E-state index in [0.29, 0.717) is 11.5 Å². The molecule has 8 heteroatoms. The number of carbonyl (C=O) groups is 1. The Bertz CT molecular complexity index is 781. The van der Waals surface area contributed by atoms with E-state index in [9.17, 15) is 23.1 Å². The van der Waals surface area contributed by atoms with E-state index in [1.165, 1.54) is 0 Å².